The molecule has 6 heteroatoms. The summed E-state index contributed by atoms with van der Waals surface area (Å²) in [5.41, 5.74) is 0. The van der Waals surface area contributed by atoms with E-state index in [9.17, 15) is 9.18 Å². The number of benzene rings is 1. The lowest BCUT2D eigenvalue weighted by atomic mass is 10.3. The molecule has 0 heterocycles. The number of carbonyl (C=O) groups excluding carboxylic acids is 1. The van der Waals surface area contributed by atoms with Crippen molar-refractivity contribution in [1.82, 2.24) is 10.2 Å². The van der Waals surface area contributed by atoms with Crippen LogP contribution in [0.1, 0.15) is 13.3 Å². The van der Waals surface area contributed by atoms with Crippen LogP contribution in [0.25, 0.3) is 0 Å². The molecule has 112 valence electrons. The van der Waals surface area contributed by atoms with E-state index >= 15 is 0 Å². The number of halogens is 1. The predicted octanol–water partition coefficient (Wildman–Crippen LogP) is 1.62. The number of hydrogen-bond donors (Lipinski definition) is 2. The summed E-state index contributed by atoms with van der Waals surface area (Å²) in [5.74, 6) is 0.0751. The second-order valence-electron chi connectivity index (χ2n) is 4.60. The third-order valence-electron chi connectivity index (χ3n) is 2.67. The average molecular weight is 284 g/mol. The largest absolute Gasteiger partial charge is 0.492 e. The van der Waals surface area contributed by atoms with Crippen molar-refractivity contribution in [2.24, 2.45) is 0 Å². The Hall–Kier alpha value is -1.82. The zero-order valence-electron chi connectivity index (χ0n) is 11.8. The monoisotopic (exact) mass is 284 g/mol. The SMILES string of the molecule is CC(O)CCN(C)C(=O)NCCOc1cccc(F)c1. The van der Waals surface area contributed by atoms with E-state index < -0.39 is 6.10 Å². The van der Waals surface area contributed by atoms with Gasteiger partial charge in [-0.3, -0.25) is 0 Å². The van der Waals surface area contributed by atoms with Crippen molar-refractivity contribution in [2.45, 2.75) is 19.4 Å². The van der Waals surface area contributed by atoms with Crippen LogP contribution >= 0.6 is 0 Å². The molecule has 0 aromatic heterocycles. The van der Waals surface area contributed by atoms with Gasteiger partial charge in [0.25, 0.3) is 0 Å². The number of nitrogens with one attached hydrogen (secondary N) is 1. The maximum Gasteiger partial charge on any atom is 0.317 e. The van der Waals surface area contributed by atoms with Gasteiger partial charge in [0, 0.05) is 19.7 Å². The Morgan fingerprint density at radius 2 is 2.30 bits per heavy atom. The fourth-order valence-electron chi connectivity index (χ4n) is 1.50. The molecular formula is C14H21FN2O3. The lowest BCUT2D eigenvalue weighted by molar-refractivity contribution is 0.162. The molecule has 0 bridgehead atoms. The molecule has 0 aliphatic rings. The lowest BCUT2D eigenvalue weighted by Gasteiger charge is -2.18. The molecule has 1 unspecified atom stereocenters. The summed E-state index contributed by atoms with van der Waals surface area (Å²) in [6, 6.07) is 5.61. The van der Waals surface area contributed by atoms with Gasteiger partial charge < -0.3 is 20.1 Å². The molecule has 2 N–H and O–H groups in total. The highest BCUT2D eigenvalue weighted by molar-refractivity contribution is 5.73. The van der Waals surface area contributed by atoms with E-state index in [2.05, 4.69) is 5.32 Å². The molecule has 5 nitrogen and oxygen atoms in total. The highest BCUT2D eigenvalue weighted by atomic mass is 19.1. The van der Waals surface area contributed by atoms with Crippen LogP contribution in [0.3, 0.4) is 0 Å². The molecule has 0 aliphatic heterocycles. The Bertz CT molecular complexity index is 427. The van der Waals surface area contributed by atoms with E-state index in [1.165, 1.54) is 17.0 Å². The molecule has 0 fully saturated rings. The Labute approximate surface area is 118 Å². The smallest absolute Gasteiger partial charge is 0.317 e. The zero-order valence-corrected chi connectivity index (χ0v) is 11.8. The van der Waals surface area contributed by atoms with E-state index in [1.807, 2.05) is 0 Å². The summed E-state index contributed by atoms with van der Waals surface area (Å²) in [5, 5.41) is 11.8. The number of aliphatic hydroxyl groups is 1. The van der Waals surface area contributed by atoms with Crippen LogP contribution in [0.2, 0.25) is 0 Å². The van der Waals surface area contributed by atoms with Gasteiger partial charge in [0.1, 0.15) is 18.2 Å². The van der Waals surface area contributed by atoms with Gasteiger partial charge in [-0.25, -0.2) is 9.18 Å². The van der Waals surface area contributed by atoms with Crippen molar-refractivity contribution < 1.29 is 19.0 Å². The molecule has 1 aromatic rings. The normalized spacial score (nSPS) is 11.8. The standard InChI is InChI=1S/C14H21FN2O3/c1-11(18)6-8-17(2)14(19)16-7-9-20-13-5-3-4-12(15)10-13/h3-5,10-11,18H,6-9H2,1-2H3,(H,16,19). The van der Waals surface area contributed by atoms with Crippen molar-refractivity contribution in [1.29, 1.82) is 0 Å². The van der Waals surface area contributed by atoms with Crippen LogP contribution in [0.15, 0.2) is 24.3 Å². The number of urea groups is 1. The number of ether oxygens (including phenoxy) is 1. The zero-order chi connectivity index (χ0) is 15.0. The first kappa shape index (κ1) is 16.2. The molecule has 0 saturated carbocycles. The third kappa shape index (κ3) is 6.38. The van der Waals surface area contributed by atoms with Gasteiger partial charge in [-0.15, -0.1) is 0 Å². The van der Waals surface area contributed by atoms with Gasteiger partial charge in [-0.2, -0.15) is 0 Å². The predicted molar refractivity (Wildman–Crippen MR) is 74.2 cm³/mol. The molecule has 20 heavy (non-hydrogen) atoms. The Morgan fingerprint density at radius 3 is 2.95 bits per heavy atom. The fourth-order valence-corrected chi connectivity index (χ4v) is 1.50. The lowest BCUT2D eigenvalue weighted by Crippen LogP contribution is -2.40. The van der Waals surface area contributed by atoms with Crippen LogP contribution in [0.4, 0.5) is 9.18 Å². The first-order valence-corrected chi connectivity index (χ1v) is 6.54. The minimum Gasteiger partial charge on any atom is -0.492 e. The number of aliphatic hydroxyl groups excluding tert-OH is 1. The summed E-state index contributed by atoms with van der Waals surface area (Å²) in [6.45, 7) is 2.75. The summed E-state index contributed by atoms with van der Waals surface area (Å²) >= 11 is 0. The van der Waals surface area contributed by atoms with Crippen molar-refractivity contribution >= 4 is 6.03 Å². The van der Waals surface area contributed by atoms with E-state index in [0.717, 1.165) is 0 Å². The van der Waals surface area contributed by atoms with Crippen molar-refractivity contribution in [2.75, 3.05) is 26.7 Å². The maximum absolute atomic E-state index is 12.9. The fraction of sp³-hybridized carbons (Fsp3) is 0.500. The molecule has 1 rings (SSSR count). The summed E-state index contributed by atoms with van der Waals surface area (Å²) < 4.78 is 18.2. The highest BCUT2D eigenvalue weighted by Gasteiger charge is 2.08. The van der Waals surface area contributed by atoms with E-state index in [0.29, 0.717) is 25.3 Å². The topological polar surface area (TPSA) is 61.8 Å². The van der Waals surface area contributed by atoms with E-state index in [-0.39, 0.29) is 18.5 Å². The summed E-state index contributed by atoms with van der Waals surface area (Å²) in [7, 11) is 1.66. The van der Waals surface area contributed by atoms with Gasteiger partial charge in [0.2, 0.25) is 0 Å². The highest BCUT2D eigenvalue weighted by Crippen LogP contribution is 2.11. The first-order chi connectivity index (χ1) is 9.49. The Balaban J connectivity index is 2.18. The number of carbonyl (C=O) groups is 1. The van der Waals surface area contributed by atoms with Gasteiger partial charge in [-0.1, -0.05) is 6.07 Å². The van der Waals surface area contributed by atoms with Crippen LogP contribution in [0, 0.1) is 5.82 Å². The molecule has 0 spiro atoms. The minimum atomic E-state index is -0.429. The first-order valence-electron chi connectivity index (χ1n) is 6.54. The average Bonchev–Trinajstić information content (AvgIpc) is 2.40. The van der Waals surface area contributed by atoms with Crippen LogP contribution in [-0.4, -0.2) is 48.9 Å². The summed E-state index contributed by atoms with van der Waals surface area (Å²) in [6.07, 6.45) is 0.102. The number of hydrogen-bond acceptors (Lipinski definition) is 3. The van der Waals surface area contributed by atoms with E-state index in [1.54, 1.807) is 26.1 Å². The number of amides is 2. The second kappa shape index (κ2) is 8.37. The third-order valence-corrected chi connectivity index (χ3v) is 2.67. The van der Waals surface area contributed by atoms with Crippen LogP contribution < -0.4 is 10.1 Å². The molecule has 0 saturated heterocycles. The van der Waals surface area contributed by atoms with E-state index in [4.69, 9.17) is 9.84 Å². The maximum atomic E-state index is 12.9. The molecule has 2 amide bonds. The van der Waals surface area contributed by atoms with Crippen molar-refractivity contribution in [3.05, 3.63) is 30.1 Å². The minimum absolute atomic E-state index is 0.228. The quantitative estimate of drug-likeness (QED) is 0.748. The molecule has 1 aromatic carbocycles. The van der Waals surface area contributed by atoms with Crippen LogP contribution in [0.5, 0.6) is 5.75 Å². The Kier molecular flexibility index (Phi) is 6.79. The molecule has 1 atom stereocenters. The Morgan fingerprint density at radius 1 is 1.55 bits per heavy atom. The molecule has 0 radical (unpaired) electrons. The van der Waals surface area contributed by atoms with Gasteiger partial charge in [-0.05, 0) is 25.5 Å². The van der Waals surface area contributed by atoms with Crippen molar-refractivity contribution in [3.63, 3.8) is 0 Å². The van der Waals surface area contributed by atoms with Gasteiger partial charge in [0.05, 0.1) is 12.6 Å². The second-order valence-corrected chi connectivity index (χ2v) is 4.60. The molecule has 0 aliphatic carbocycles. The summed E-state index contributed by atoms with van der Waals surface area (Å²) in [4.78, 5) is 13.1. The van der Waals surface area contributed by atoms with Gasteiger partial charge in [0.15, 0.2) is 0 Å². The number of nitrogens with zero attached hydrogens (tertiary/aromatic N) is 1. The van der Waals surface area contributed by atoms with Gasteiger partial charge >= 0.3 is 6.03 Å². The molecular weight excluding hydrogens is 263 g/mol. The van der Waals surface area contributed by atoms with Crippen molar-refractivity contribution in [3.8, 4) is 5.75 Å². The number of rotatable bonds is 7. The van der Waals surface area contributed by atoms with Crippen LogP contribution in [-0.2, 0) is 0 Å².